The van der Waals surface area contributed by atoms with Crippen molar-refractivity contribution < 1.29 is 28.7 Å². The van der Waals surface area contributed by atoms with Gasteiger partial charge in [-0.2, -0.15) is 0 Å². The van der Waals surface area contributed by atoms with Crippen LogP contribution in [-0.4, -0.2) is 64.8 Å². The van der Waals surface area contributed by atoms with Crippen molar-refractivity contribution in [3.05, 3.63) is 0 Å². The minimum Gasteiger partial charge on any atom is -0.444 e. The average Bonchev–Trinajstić information content (AvgIpc) is 3.06. The van der Waals surface area contributed by atoms with E-state index >= 15 is 0 Å². The molecule has 10 heteroatoms. The van der Waals surface area contributed by atoms with Crippen molar-refractivity contribution in [2.24, 2.45) is 34.3 Å². The number of ketones is 1. The summed E-state index contributed by atoms with van der Waals surface area (Å²) < 4.78 is 5.39. The van der Waals surface area contributed by atoms with Gasteiger partial charge in [0.1, 0.15) is 17.7 Å². The Kier molecular flexibility index (Phi) is 7.74. The Balaban J connectivity index is 1.83. The number of fused-ring (bicyclic) bond motifs is 1. The molecule has 1 saturated heterocycles. The fraction of sp³-hybridized carbons (Fsp3) is 0.815. The second kappa shape index (κ2) is 9.91. The molecule has 0 bridgehead atoms. The topological polar surface area (TPSA) is 148 Å². The first-order valence-corrected chi connectivity index (χ1v) is 13.3. The third-order valence-corrected chi connectivity index (χ3v) is 8.20. The van der Waals surface area contributed by atoms with Crippen LogP contribution in [0, 0.1) is 28.6 Å². The van der Waals surface area contributed by atoms with Crippen molar-refractivity contribution in [1.29, 1.82) is 0 Å². The molecule has 4 N–H and O–H groups in total. The van der Waals surface area contributed by atoms with Crippen LogP contribution in [0.5, 0.6) is 0 Å². The molecule has 2 unspecified atom stereocenters. The van der Waals surface area contributed by atoms with Gasteiger partial charge < -0.3 is 26.0 Å². The molecule has 2 saturated carbocycles. The summed E-state index contributed by atoms with van der Waals surface area (Å²) in [5, 5.41) is 5.49. The van der Waals surface area contributed by atoms with Gasteiger partial charge in [0.2, 0.25) is 17.6 Å². The van der Waals surface area contributed by atoms with E-state index in [2.05, 4.69) is 24.5 Å². The molecule has 0 spiro atoms. The summed E-state index contributed by atoms with van der Waals surface area (Å²) in [6.45, 7) is 15.2. The number of nitrogens with one attached hydrogen (secondary N) is 2. The maximum Gasteiger partial charge on any atom is 0.408 e. The van der Waals surface area contributed by atoms with Crippen LogP contribution in [0.2, 0.25) is 0 Å². The first-order chi connectivity index (χ1) is 16.8. The molecule has 3 aliphatic rings. The number of amides is 4. The van der Waals surface area contributed by atoms with E-state index in [0.717, 1.165) is 19.3 Å². The lowest BCUT2D eigenvalue weighted by atomic mass is 9.80. The van der Waals surface area contributed by atoms with Crippen LogP contribution < -0.4 is 16.4 Å². The Bertz CT molecular complexity index is 959. The Morgan fingerprint density at radius 1 is 1.03 bits per heavy atom. The summed E-state index contributed by atoms with van der Waals surface area (Å²) in [6, 6.07) is -2.76. The SMILES string of the molecule is CC(C)(C)OC(=O)NC(C(=O)N1C[C@H]2[C@@H]([C@H]1C(=O)NC(CC1CCC1)C(=O)C(N)=O)C2(C)C)C(C)(C)C. The Hall–Kier alpha value is -2.65. The number of rotatable bonds is 8. The number of carbonyl (C=O) groups is 5. The smallest absolute Gasteiger partial charge is 0.408 e. The highest BCUT2D eigenvalue weighted by molar-refractivity contribution is 6.37. The third kappa shape index (κ3) is 6.26. The van der Waals surface area contributed by atoms with E-state index in [0.29, 0.717) is 13.0 Å². The lowest BCUT2D eigenvalue weighted by Gasteiger charge is -2.38. The predicted octanol–water partition coefficient (Wildman–Crippen LogP) is 2.14. The number of nitrogens with two attached hydrogens (primary N) is 1. The number of likely N-dealkylation sites (tertiary alicyclic amines) is 1. The van der Waals surface area contributed by atoms with Crippen molar-refractivity contribution in [3.63, 3.8) is 0 Å². The van der Waals surface area contributed by atoms with Crippen LogP contribution in [0.3, 0.4) is 0 Å². The minimum absolute atomic E-state index is 0.0911. The number of piperidine rings is 1. The molecule has 1 aliphatic heterocycles. The maximum absolute atomic E-state index is 13.9. The molecule has 2 aliphatic carbocycles. The van der Waals surface area contributed by atoms with E-state index in [1.807, 2.05) is 20.8 Å². The molecule has 0 aromatic rings. The van der Waals surface area contributed by atoms with Gasteiger partial charge in [-0.25, -0.2) is 4.79 Å². The van der Waals surface area contributed by atoms with Crippen molar-refractivity contribution in [2.75, 3.05) is 6.54 Å². The van der Waals surface area contributed by atoms with Crippen molar-refractivity contribution in [3.8, 4) is 0 Å². The van der Waals surface area contributed by atoms with Crippen LogP contribution in [0.1, 0.15) is 81.1 Å². The molecule has 4 amide bonds. The second-order valence-corrected chi connectivity index (χ2v) is 13.7. The van der Waals surface area contributed by atoms with Gasteiger partial charge in [0, 0.05) is 6.54 Å². The van der Waals surface area contributed by atoms with E-state index < -0.39 is 52.8 Å². The molecule has 0 aromatic heterocycles. The number of primary amides is 1. The monoisotopic (exact) mass is 520 g/mol. The van der Waals surface area contributed by atoms with Gasteiger partial charge in [-0.1, -0.05) is 53.9 Å². The maximum atomic E-state index is 13.9. The third-order valence-electron chi connectivity index (χ3n) is 8.20. The molecular formula is C27H44N4O6. The standard InChI is InChI=1S/C27H44N4O6/c1-25(2,3)20(30-24(36)37-26(4,5)6)23(35)31-13-15-17(27(15,7)8)18(31)22(34)29-16(19(32)21(28)33)12-14-10-9-11-14/h14-18,20H,9-13H2,1-8H3,(H2,28,33)(H,29,34)(H,30,36)/t15-,16?,17-,18-,20?/m0/s1. The predicted molar refractivity (Wildman–Crippen MR) is 137 cm³/mol. The number of carbonyl (C=O) groups excluding carboxylic acids is 5. The normalized spacial score (nSPS) is 26.3. The lowest BCUT2D eigenvalue weighted by molar-refractivity contribution is -0.145. The number of Topliss-reactive ketones (excluding diaryl/α,β-unsaturated/α-hetero) is 1. The van der Waals surface area contributed by atoms with Gasteiger partial charge in [0.15, 0.2) is 0 Å². The first kappa shape index (κ1) is 28.9. The van der Waals surface area contributed by atoms with Gasteiger partial charge in [0.25, 0.3) is 5.91 Å². The van der Waals surface area contributed by atoms with E-state index in [1.54, 1.807) is 20.8 Å². The summed E-state index contributed by atoms with van der Waals surface area (Å²) in [6.07, 6.45) is 2.58. The summed E-state index contributed by atoms with van der Waals surface area (Å²) >= 11 is 0. The van der Waals surface area contributed by atoms with Gasteiger partial charge in [-0.3, -0.25) is 19.2 Å². The van der Waals surface area contributed by atoms with Crippen molar-refractivity contribution >= 4 is 29.6 Å². The highest BCUT2D eigenvalue weighted by Gasteiger charge is 2.70. The van der Waals surface area contributed by atoms with Gasteiger partial charge in [0.05, 0.1) is 6.04 Å². The van der Waals surface area contributed by atoms with Crippen LogP contribution in [0.4, 0.5) is 4.79 Å². The van der Waals surface area contributed by atoms with E-state index in [9.17, 15) is 24.0 Å². The quantitative estimate of drug-likeness (QED) is 0.418. The summed E-state index contributed by atoms with van der Waals surface area (Å²) in [4.78, 5) is 65.9. The van der Waals surface area contributed by atoms with Crippen LogP contribution in [0.25, 0.3) is 0 Å². The largest absolute Gasteiger partial charge is 0.444 e. The van der Waals surface area contributed by atoms with Gasteiger partial charge >= 0.3 is 6.09 Å². The highest BCUT2D eigenvalue weighted by Crippen LogP contribution is 2.65. The Morgan fingerprint density at radius 3 is 2.08 bits per heavy atom. The summed E-state index contributed by atoms with van der Waals surface area (Å²) in [5.41, 5.74) is 3.73. The van der Waals surface area contributed by atoms with Crippen molar-refractivity contribution in [2.45, 2.75) is 105 Å². The first-order valence-electron chi connectivity index (χ1n) is 13.3. The zero-order valence-corrected chi connectivity index (χ0v) is 23.5. The van der Waals surface area contributed by atoms with E-state index in [-0.39, 0.29) is 29.1 Å². The average molecular weight is 521 g/mol. The summed E-state index contributed by atoms with van der Waals surface area (Å²) in [7, 11) is 0. The van der Waals surface area contributed by atoms with Gasteiger partial charge in [-0.15, -0.1) is 0 Å². The molecule has 3 rings (SSSR count). The molecule has 0 radical (unpaired) electrons. The Labute approximate surface area is 219 Å². The van der Waals surface area contributed by atoms with E-state index in [1.165, 1.54) is 4.90 Å². The van der Waals surface area contributed by atoms with Crippen LogP contribution >= 0.6 is 0 Å². The number of nitrogens with zero attached hydrogens (tertiary/aromatic N) is 1. The molecule has 208 valence electrons. The fourth-order valence-corrected chi connectivity index (χ4v) is 5.78. The molecule has 3 fully saturated rings. The second-order valence-electron chi connectivity index (χ2n) is 13.7. The fourth-order valence-electron chi connectivity index (χ4n) is 5.78. The van der Waals surface area contributed by atoms with Crippen LogP contribution in [-0.2, 0) is 23.9 Å². The number of hydrogen-bond donors (Lipinski definition) is 3. The zero-order chi connectivity index (χ0) is 28.1. The molecule has 0 aromatic carbocycles. The summed E-state index contributed by atoms with van der Waals surface area (Å²) in [5.74, 6) is -2.46. The molecule has 5 atom stereocenters. The highest BCUT2D eigenvalue weighted by atomic mass is 16.6. The zero-order valence-electron chi connectivity index (χ0n) is 23.5. The number of hydrogen-bond acceptors (Lipinski definition) is 6. The van der Waals surface area contributed by atoms with Crippen molar-refractivity contribution in [1.82, 2.24) is 15.5 Å². The Morgan fingerprint density at radius 2 is 1.62 bits per heavy atom. The van der Waals surface area contributed by atoms with Gasteiger partial charge in [-0.05, 0) is 55.8 Å². The van der Waals surface area contributed by atoms with Crippen LogP contribution in [0.15, 0.2) is 0 Å². The molecule has 37 heavy (non-hydrogen) atoms. The van der Waals surface area contributed by atoms with E-state index in [4.69, 9.17) is 10.5 Å². The molecular weight excluding hydrogens is 476 g/mol. The number of ether oxygens (including phenoxy) is 1. The number of alkyl carbamates (subject to hydrolysis) is 1. The minimum atomic E-state index is -1.08. The molecule has 1 heterocycles. The molecule has 10 nitrogen and oxygen atoms in total. The lowest BCUT2D eigenvalue weighted by Crippen LogP contribution is -2.61.